The summed E-state index contributed by atoms with van der Waals surface area (Å²) in [6.07, 6.45) is 72.1. The van der Waals surface area contributed by atoms with E-state index in [1.165, 1.54) is 295 Å². The zero-order valence-corrected chi connectivity index (χ0v) is 51.5. The molecule has 0 saturated heterocycles. The van der Waals surface area contributed by atoms with Crippen molar-refractivity contribution in [1.82, 2.24) is 5.32 Å². The zero-order chi connectivity index (χ0) is 54.2. The summed E-state index contributed by atoms with van der Waals surface area (Å²) in [7, 11) is 1.59. The molecule has 0 aliphatic heterocycles. The van der Waals surface area contributed by atoms with E-state index >= 15 is 0 Å². The van der Waals surface area contributed by atoms with Crippen molar-refractivity contribution in [3.8, 4) is 0 Å². The number of aliphatic hydroxyl groups excluding tert-OH is 1. The molecule has 0 aliphatic rings. The fraction of sp³-hybridized carbons (Fsp3) is 0.954. The van der Waals surface area contributed by atoms with Gasteiger partial charge >= 0.3 is 7.82 Å². The standard InChI is InChI=1S/C65H131N2O6P/c1-6-8-10-12-14-16-18-20-22-24-25-26-27-28-29-30-31-32-33-34-35-36-37-38-39-40-41-43-45-47-49-51-53-55-57-59-65(69)66-63(62-73-74(70,71)72-61-60-67(3,4)5)64(68)58-56-54-52-50-48-46-44-42-23-21-19-17-15-13-11-9-7-2/h56,58,63-64,68H,6-55,57,59-62H2,1-5H3,(H-,66,69,70,71)/p+1/b58-56+/t63-,64+/m0/s1. The van der Waals surface area contributed by atoms with Crippen molar-refractivity contribution in [2.24, 2.45) is 0 Å². The molecule has 0 bridgehead atoms. The number of hydrogen-bond acceptors (Lipinski definition) is 5. The molecule has 9 heteroatoms. The van der Waals surface area contributed by atoms with Crippen molar-refractivity contribution >= 4 is 13.7 Å². The zero-order valence-electron chi connectivity index (χ0n) is 50.6. The van der Waals surface area contributed by atoms with Gasteiger partial charge in [-0.2, -0.15) is 0 Å². The largest absolute Gasteiger partial charge is 0.472 e. The molecule has 74 heavy (non-hydrogen) atoms. The number of likely N-dealkylation sites (N-methyl/N-ethyl adjacent to an activating group) is 1. The van der Waals surface area contributed by atoms with E-state index in [0.29, 0.717) is 17.4 Å². The second-order valence-electron chi connectivity index (χ2n) is 24.2. The van der Waals surface area contributed by atoms with Gasteiger partial charge in [-0.05, 0) is 19.3 Å². The maximum absolute atomic E-state index is 13.0. The molecule has 0 spiro atoms. The van der Waals surface area contributed by atoms with Gasteiger partial charge in [0.15, 0.2) is 0 Å². The maximum atomic E-state index is 13.0. The molecule has 0 rings (SSSR count). The van der Waals surface area contributed by atoms with Crippen LogP contribution in [0.3, 0.4) is 0 Å². The lowest BCUT2D eigenvalue weighted by Crippen LogP contribution is -2.45. The number of carbonyl (C=O) groups excluding carboxylic acids is 1. The van der Waals surface area contributed by atoms with E-state index < -0.39 is 20.0 Å². The summed E-state index contributed by atoms with van der Waals surface area (Å²) in [5.74, 6) is -0.168. The molecular formula is C65H132N2O6P+. The van der Waals surface area contributed by atoms with E-state index in [9.17, 15) is 19.4 Å². The molecular weight excluding hydrogens is 936 g/mol. The number of hydrogen-bond donors (Lipinski definition) is 3. The Morgan fingerprint density at radius 1 is 0.446 bits per heavy atom. The molecule has 0 aliphatic carbocycles. The van der Waals surface area contributed by atoms with Crippen LogP contribution in [0.5, 0.6) is 0 Å². The summed E-state index contributed by atoms with van der Waals surface area (Å²) < 4.78 is 23.8. The first-order valence-corrected chi connectivity index (χ1v) is 34.6. The van der Waals surface area contributed by atoms with Crippen LogP contribution in [-0.2, 0) is 18.4 Å². The quantitative estimate of drug-likeness (QED) is 0.0243. The van der Waals surface area contributed by atoms with Crippen LogP contribution in [0.1, 0.15) is 348 Å². The molecule has 8 nitrogen and oxygen atoms in total. The number of allylic oxidation sites excluding steroid dienone is 1. The highest BCUT2D eigenvalue weighted by atomic mass is 31.2. The number of nitrogens with zero attached hydrogens (tertiary/aromatic N) is 1. The van der Waals surface area contributed by atoms with Gasteiger partial charge in [0, 0.05) is 6.42 Å². The van der Waals surface area contributed by atoms with Crippen LogP contribution in [-0.4, -0.2) is 73.4 Å². The van der Waals surface area contributed by atoms with Crippen molar-refractivity contribution in [2.75, 3.05) is 40.9 Å². The summed E-state index contributed by atoms with van der Waals surface area (Å²) in [5, 5.41) is 14.0. The number of phosphoric acid groups is 1. The van der Waals surface area contributed by atoms with Crippen molar-refractivity contribution < 1.29 is 32.9 Å². The Bertz CT molecular complexity index is 1210. The third-order valence-electron chi connectivity index (χ3n) is 15.5. The average molecular weight is 1070 g/mol. The number of carbonyl (C=O) groups is 1. The maximum Gasteiger partial charge on any atom is 0.472 e. The highest BCUT2D eigenvalue weighted by Gasteiger charge is 2.28. The Hall–Kier alpha value is -0.760. The van der Waals surface area contributed by atoms with Crippen molar-refractivity contribution in [1.29, 1.82) is 0 Å². The molecule has 0 aromatic carbocycles. The summed E-state index contributed by atoms with van der Waals surface area (Å²) in [4.78, 5) is 23.3. The predicted octanol–water partition coefficient (Wildman–Crippen LogP) is 20.6. The lowest BCUT2D eigenvalue weighted by Gasteiger charge is -2.25. The number of quaternary nitrogens is 1. The number of nitrogens with one attached hydrogen (secondary N) is 1. The van der Waals surface area contributed by atoms with Crippen LogP contribution in [0.4, 0.5) is 0 Å². The molecule has 1 unspecified atom stereocenters. The normalized spacial score (nSPS) is 13.8. The predicted molar refractivity (Wildman–Crippen MR) is 323 cm³/mol. The van der Waals surface area contributed by atoms with E-state index in [1.807, 2.05) is 27.2 Å². The van der Waals surface area contributed by atoms with Crippen LogP contribution >= 0.6 is 7.82 Å². The lowest BCUT2D eigenvalue weighted by atomic mass is 10.0. The monoisotopic (exact) mass is 1070 g/mol. The van der Waals surface area contributed by atoms with E-state index in [4.69, 9.17) is 9.05 Å². The van der Waals surface area contributed by atoms with Gasteiger partial charge in [-0.1, -0.05) is 334 Å². The molecule has 0 aromatic rings. The molecule has 3 N–H and O–H groups in total. The highest BCUT2D eigenvalue weighted by molar-refractivity contribution is 7.47. The molecule has 442 valence electrons. The third-order valence-corrected chi connectivity index (χ3v) is 16.5. The first kappa shape index (κ1) is 73.2. The Morgan fingerprint density at radius 3 is 1.00 bits per heavy atom. The summed E-state index contributed by atoms with van der Waals surface area (Å²) in [6, 6.07) is -0.842. The first-order chi connectivity index (χ1) is 36.0. The Balaban J connectivity index is 3.94. The number of amides is 1. The minimum Gasteiger partial charge on any atom is -0.387 e. The van der Waals surface area contributed by atoms with Gasteiger partial charge < -0.3 is 19.8 Å². The minimum absolute atomic E-state index is 0.0652. The Kier molecular flexibility index (Phi) is 56.4. The van der Waals surface area contributed by atoms with Crippen LogP contribution in [0.25, 0.3) is 0 Å². The third kappa shape index (κ3) is 58.9. The molecule has 0 heterocycles. The topological polar surface area (TPSA) is 105 Å². The van der Waals surface area contributed by atoms with E-state index in [2.05, 4.69) is 19.2 Å². The van der Waals surface area contributed by atoms with Crippen molar-refractivity contribution in [2.45, 2.75) is 360 Å². The van der Waals surface area contributed by atoms with Crippen LogP contribution in [0, 0.1) is 0 Å². The summed E-state index contributed by atoms with van der Waals surface area (Å²) in [5.41, 5.74) is 0. The first-order valence-electron chi connectivity index (χ1n) is 33.1. The molecule has 1 amide bonds. The minimum atomic E-state index is -4.34. The summed E-state index contributed by atoms with van der Waals surface area (Å²) >= 11 is 0. The van der Waals surface area contributed by atoms with Gasteiger partial charge in [0.25, 0.3) is 0 Å². The number of rotatable bonds is 62. The second kappa shape index (κ2) is 56.9. The molecule has 0 saturated carbocycles. The smallest absolute Gasteiger partial charge is 0.387 e. The highest BCUT2D eigenvalue weighted by Crippen LogP contribution is 2.43. The van der Waals surface area contributed by atoms with E-state index in [0.717, 1.165) is 32.1 Å². The number of aliphatic hydroxyl groups is 1. The Morgan fingerprint density at radius 2 is 0.716 bits per heavy atom. The van der Waals surface area contributed by atoms with Gasteiger partial charge in [0.1, 0.15) is 13.2 Å². The van der Waals surface area contributed by atoms with Gasteiger partial charge in [-0.25, -0.2) is 4.57 Å². The van der Waals surface area contributed by atoms with Gasteiger partial charge in [0.05, 0.1) is 39.9 Å². The SMILES string of the molecule is CCCCCCCCCCCCCCCCC/C=C/[C@@H](O)[C@H](COP(=O)(O)OCC[N+](C)(C)C)NC(=O)CCCCCCCCCCCCCCCCCCCCCCCCCCCCCCCCCCCCC. The second-order valence-corrected chi connectivity index (χ2v) is 25.7. The lowest BCUT2D eigenvalue weighted by molar-refractivity contribution is -0.870. The van der Waals surface area contributed by atoms with Gasteiger partial charge in [-0.3, -0.25) is 13.8 Å². The van der Waals surface area contributed by atoms with Crippen LogP contribution in [0.15, 0.2) is 12.2 Å². The fourth-order valence-electron chi connectivity index (χ4n) is 10.3. The van der Waals surface area contributed by atoms with Crippen LogP contribution < -0.4 is 5.32 Å². The van der Waals surface area contributed by atoms with Crippen molar-refractivity contribution in [3.05, 3.63) is 12.2 Å². The number of unbranched alkanes of at least 4 members (excludes halogenated alkanes) is 49. The molecule has 0 fully saturated rings. The van der Waals surface area contributed by atoms with E-state index in [1.54, 1.807) is 6.08 Å². The average Bonchev–Trinajstić information content (AvgIpc) is 3.36. The molecule has 0 aromatic heterocycles. The molecule has 0 radical (unpaired) electrons. The Labute approximate surface area is 462 Å². The van der Waals surface area contributed by atoms with Crippen LogP contribution in [0.2, 0.25) is 0 Å². The van der Waals surface area contributed by atoms with Gasteiger partial charge in [0.2, 0.25) is 5.91 Å². The van der Waals surface area contributed by atoms with Gasteiger partial charge in [-0.15, -0.1) is 0 Å². The van der Waals surface area contributed by atoms with E-state index in [-0.39, 0.29) is 19.1 Å². The molecule has 3 atom stereocenters. The fourth-order valence-corrected chi connectivity index (χ4v) is 11.1. The summed E-state index contributed by atoms with van der Waals surface area (Å²) in [6.45, 7) is 4.87. The van der Waals surface area contributed by atoms with Crippen molar-refractivity contribution in [3.63, 3.8) is 0 Å². The number of phosphoric ester groups is 1.